The van der Waals surface area contributed by atoms with E-state index in [1.807, 2.05) is 0 Å². The molecule has 2 atom stereocenters. The Hall–Kier alpha value is -2.32. The lowest BCUT2D eigenvalue weighted by Crippen LogP contribution is -2.38. The number of nitrogens with two attached hydrogens (primary N) is 1. The van der Waals surface area contributed by atoms with Crippen LogP contribution in [0.25, 0.3) is 11.0 Å². The van der Waals surface area contributed by atoms with Crippen LogP contribution in [0.4, 0.5) is 10.6 Å². The molecular formula is C15H21N3O5. The Morgan fingerprint density at radius 1 is 1.43 bits per heavy atom. The Bertz CT molecular complexity index is 692. The first-order valence-electron chi connectivity index (χ1n) is 7.15. The minimum Gasteiger partial charge on any atom is -0.444 e. The van der Waals surface area contributed by atoms with Gasteiger partial charge in [0.1, 0.15) is 17.8 Å². The van der Waals surface area contributed by atoms with Gasteiger partial charge in [0, 0.05) is 6.54 Å². The maximum Gasteiger partial charge on any atom is 0.407 e. The van der Waals surface area contributed by atoms with Crippen molar-refractivity contribution < 1.29 is 24.3 Å². The molecule has 0 aliphatic carbocycles. The van der Waals surface area contributed by atoms with E-state index in [-0.39, 0.29) is 12.4 Å². The van der Waals surface area contributed by atoms with Gasteiger partial charge in [0.15, 0.2) is 11.4 Å². The minimum absolute atomic E-state index is 0.159. The Labute approximate surface area is 133 Å². The third-order valence-corrected chi connectivity index (χ3v) is 3.08. The molecule has 1 amide bonds. The van der Waals surface area contributed by atoms with Crippen molar-refractivity contribution in [1.82, 2.24) is 10.5 Å². The normalized spacial score (nSPS) is 14.5. The molecule has 2 unspecified atom stereocenters. The van der Waals surface area contributed by atoms with Gasteiger partial charge in [0.2, 0.25) is 0 Å². The Morgan fingerprint density at radius 3 is 2.78 bits per heavy atom. The van der Waals surface area contributed by atoms with Gasteiger partial charge < -0.3 is 30.5 Å². The second kappa shape index (κ2) is 6.43. The van der Waals surface area contributed by atoms with Crippen LogP contribution in [0.3, 0.4) is 0 Å². The van der Waals surface area contributed by atoms with E-state index in [2.05, 4.69) is 10.5 Å². The maximum absolute atomic E-state index is 11.5. The van der Waals surface area contributed by atoms with Gasteiger partial charge in [-0.3, -0.25) is 0 Å². The van der Waals surface area contributed by atoms with E-state index >= 15 is 0 Å². The van der Waals surface area contributed by atoms with Crippen LogP contribution in [0.5, 0.6) is 0 Å². The van der Waals surface area contributed by atoms with Gasteiger partial charge in [0.25, 0.3) is 0 Å². The minimum atomic E-state index is -1.21. The zero-order valence-electron chi connectivity index (χ0n) is 13.2. The number of aromatic nitrogens is 1. The molecule has 1 aromatic heterocycles. The fourth-order valence-electron chi connectivity index (χ4n) is 1.99. The van der Waals surface area contributed by atoms with Gasteiger partial charge >= 0.3 is 6.09 Å². The molecule has 23 heavy (non-hydrogen) atoms. The topological polar surface area (TPSA) is 131 Å². The molecule has 0 aliphatic heterocycles. The lowest BCUT2D eigenvalue weighted by molar-refractivity contribution is 0.0130. The standard InChI is InChI=1S/C15H21N3O5/c1-15(2,3)22-14(21)17-7-10(19)12(20)8-4-5-11-9(6-8)13(16)18-23-11/h4-6,10,12,19-20H,7H2,1-3H3,(H2,16,18)(H,17,21). The van der Waals surface area contributed by atoms with Crippen LogP contribution in [-0.2, 0) is 4.74 Å². The molecule has 0 bridgehead atoms. The zero-order valence-corrected chi connectivity index (χ0v) is 13.2. The van der Waals surface area contributed by atoms with Gasteiger partial charge in [-0.15, -0.1) is 0 Å². The molecule has 0 spiro atoms. The predicted molar refractivity (Wildman–Crippen MR) is 83.6 cm³/mol. The zero-order chi connectivity index (χ0) is 17.2. The Kier molecular flexibility index (Phi) is 4.76. The van der Waals surface area contributed by atoms with Crippen molar-refractivity contribution in [2.75, 3.05) is 12.3 Å². The number of aliphatic hydroxyl groups excluding tert-OH is 2. The molecule has 8 nitrogen and oxygen atoms in total. The first-order chi connectivity index (χ1) is 10.7. The van der Waals surface area contributed by atoms with E-state index in [0.717, 1.165) is 0 Å². The number of nitrogens with one attached hydrogen (secondary N) is 1. The number of rotatable bonds is 4. The summed E-state index contributed by atoms with van der Waals surface area (Å²) in [6.45, 7) is 5.04. The van der Waals surface area contributed by atoms with E-state index in [9.17, 15) is 15.0 Å². The monoisotopic (exact) mass is 323 g/mol. The van der Waals surface area contributed by atoms with Gasteiger partial charge in [-0.05, 0) is 38.5 Å². The van der Waals surface area contributed by atoms with Gasteiger partial charge in [-0.1, -0.05) is 11.2 Å². The fraction of sp³-hybridized carbons (Fsp3) is 0.467. The highest BCUT2D eigenvalue weighted by Gasteiger charge is 2.22. The van der Waals surface area contributed by atoms with Crippen LogP contribution in [0.1, 0.15) is 32.4 Å². The molecule has 2 rings (SSSR count). The van der Waals surface area contributed by atoms with E-state index in [1.54, 1.807) is 39.0 Å². The molecule has 1 aromatic carbocycles. The van der Waals surface area contributed by atoms with Crippen molar-refractivity contribution in [2.45, 2.75) is 38.6 Å². The number of benzene rings is 1. The number of carbonyl (C=O) groups is 1. The number of hydrogen-bond acceptors (Lipinski definition) is 7. The van der Waals surface area contributed by atoms with Gasteiger partial charge in [-0.25, -0.2) is 4.79 Å². The SMILES string of the molecule is CC(C)(C)OC(=O)NCC(O)C(O)c1ccc2onc(N)c2c1. The summed E-state index contributed by atoms with van der Waals surface area (Å²) in [6.07, 6.45) is -3.08. The van der Waals surface area contributed by atoms with Crippen molar-refractivity contribution in [3.05, 3.63) is 23.8 Å². The molecule has 2 aromatic rings. The Morgan fingerprint density at radius 2 is 2.13 bits per heavy atom. The van der Waals surface area contributed by atoms with E-state index in [0.29, 0.717) is 16.5 Å². The van der Waals surface area contributed by atoms with Crippen LogP contribution in [0, 0.1) is 0 Å². The molecule has 1 heterocycles. The molecule has 0 radical (unpaired) electrons. The van der Waals surface area contributed by atoms with Crippen LogP contribution in [0.15, 0.2) is 22.7 Å². The van der Waals surface area contributed by atoms with Crippen molar-refractivity contribution in [1.29, 1.82) is 0 Å². The van der Waals surface area contributed by atoms with Crippen molar-refractivity contribution in [2.24, 2.45) is 0 Å². The smallest absolute Gasteiger partial charge is 0.407 e. The number of nitrogen functional groups attached to an aromatic ring is 1. The first kappa shape index (κ1) is 17.0. The van der Waals surface area contributed by atoms with Crippen LogP contribution in [0.2, 0.25) is 0 Å². The van der Waals surface area contributed by atoms with Gasteiger partial charge in [-0.2, -0.15) is 0 Å². The molecule has 0 saturated heterocycles. The molecule has 5 N–H and O–H groups in total. The summed E-state index contributed by atoms with van der Waals surface area (Å²) < 4.78 is 10.0. The molecule has 0 aliphatic rings. The van der Waals surface area contributed by atoms with Gasteiger partial charge in [0.05, 0.1) is 5.39 Å². The fourth-order valence-corrected chi connectivity index (χ4v) is 1.99. The number of fused-ring (bicyclic) bond motifs is 1. The lowest BCUT2D eigenvalue weighted by Gasteiger charge is -2.22. The molecule has 0 saturated carbocycles. The van der Waals surface area contributed by atoms with E-state index in [1.165, 1.54) is 0 Å². The largest absolute Gasteiger partial charge is 0.444 e. The number of ether oxygens (including phenoxy) is 1. The molecule has 8 heteroatoms. The number of amides is 1. The lowest BCUT2D eigenvalue weighted by atomic mass is 10.0. The average molecular weight is 323 g/mol. The highest BCUT2D eigenvalue weighted by atomic mass is 16.6. The van der Waals surface area contributed by atoms with E-state index < -0.39 is 23.9 Å². The maximum atomic E-state index is 11.5. The second-order valence-electron chi connectivity index (χ2n) is 6.22. The summed E-state index contributed by atoms with van der Waals surface area (Å²) in [5.41, 5.74) is 5.94. The van der Waals surface area contributed by atoms with Crippen molar-refractivity contribution >= 4 is 22.9 Å². The third-order valence-electron chi connectivity index (χ3n) is 3.08. The number of aliphatic hydroxyl groups is 2. The quantitative estimate of drug-likeness (QED) is 0.667. The van der Waals surface area contributed by atoms with Crippen LogP contribution >= 0.6 is 0 Å². The number of alkyl carbamates (subject to hydrolysis) is 1. The highest BCUT2D eigenvalue weighted by molar-refractivity contribution is 5.87. The summed E-state index contributed by atoms with van der Waals surface area (Å²) in [4.78, 5) is 11.5. The molecular weight excluding hydrogens is 302 g/mol. The summed E-state index contributed by atoms with van der Waals surface area (Å²) >= 11 is 0. The van der Waals surface area contributed by atoms with Crippen molar-refractivity contribution in [3.63, 3.8) is 0 Å². The third kappa shape index (κ3) is 4.33. The summed E-state index contributed by atoms with van der Waals surface area (Å²) in [7, 11) is 0. The first-order valence-corrected chi connectivity index (χ1v) is 7.15. The van der Waals surface area contributed by atoms with Crippen molar-refractivity contribution in [3.8, 4) is 0 Å². The highest BCUT2D eigenvalue weighted by Crippen LogP contribution is 2.25. The summed E-state index contributed by atoms with van der Waals surface area (Å²) in [6, 6.07) is 4.78. The number of anilines is 1. The average Bonchev–Trinajstić information content (AvgIpc) is 2.83. The van der Waals surface area contributed by atoms with Crippen LogP contribution in [-0.4, -0.2) is 39.7 Å². The Balaban J connectivity index is 1.99. The predicted octanol–water partition coefficient (Wildman–Crippen LogP) is 1.33. The molecule has 0 fully saturated rings. The number of nitrogens with zero attached hydrogens (tertiary/aromatic N) is 1. The summed E-state index contributed by atoms with van der Waals surface area (Å²) in [5.74, 6) is 0.204. The number of carbonyl (C=O) groups excluding carboxylic acids is 1. The van der Waals surface area contributed by atoms with E-state index in [4.69, 9.17) is 15.0 Å². The van der Waals surface area contributed by atoms with Crippen LogP contribution < -0.4 is 11.1 Å². The summed E-state index contributed by atoms with van der Waals surface area (Å²) in [5, 5.41) is 26.8. The number of hydrogen-bond donors (Lipinski definition) is 4. The second-order valence-corrected chi connectivity index (χ2v) is 6.22. The molecule has 126 valence electrons.